The molecule has 0 fully saturated rings. The van der Waals surface area contributed by atoms with Crippen molar-refractivity contribution in [3.8, 4) is 0 Å². The molecular weight excluding hydrogens is 388 g/mol. The van der Waals surface area contributed by atoms with Crippen LogP contribution in [0.2, 0.25) is 0 Å². The van der Waals surface area contributed by atoms with Crippen LogP contribution in [0.3, 0.4) is 0 Å². The Morgan fingerprint density at radius 3 is 1.83 bits per heavy atom. The van der Waals surface area contributed by atoms with Gasteiger partial charge < -0.3 is 14.9 Å². The van der Waals surface area contributed by atoms with Gasteiger partial charge in [0.1, 0.15) is 5.60 Å². The molecule has 0 radical (unpaired) electrons. The first-order valence-corrected chi connectivity index (χ1v) is 9.30. The molecule has 8 heteroatoms. The van der Waals surface area contributed by atoms with Crippen LogP contribution in [0.25, 0.3) is 0 Å². The lowest BCUT2D eigenvalue weighted by Gasteiger charge is -2.31. The van der Waals surface area contributed by atoms with Crippen molar-refractivity contribution in [3.63, 3.8) is 0 Å². The molecule has 1 aliphatic rings. The van der Waals surface area contributed by atoms with E-state index in [4.69, 9.17) is 9.57 Å². The number of nitrogens with zero attached hydrogens (tertiary/aromatic N) is 1. The van der Waals surface area contributed by atoms with E-state index in [1.54, 1.807) is 63.2 Å². The van der Waals surface area contributed by atoms with Crippen LogP contribution in [0.4, 0.5) is 4.79 Å². The Labute approximate surface area is 173 Å². The molecule has 3 amide bonds. The lowest BCUT2D eigenvalue weighted by Crippen LogP contribution is -2.53. The molecule has 0 aliphatic carbocycles. The fourth-order valence-electron chi connectivity index (χ4n) is 2.94. The van der Waals surface area contributed by atoms with Crippen LogP contribution in [-0.2, 0) is 19.9 Å². The second kappa shape index (κ2) is 7.62. The number of ether oxygens (including phenoxy) is 1. The number of nitrogens with one attached hydrogen (secondary N) is 1. The normalized spacial score (nSPS) is 15.3. The van der Waals surface area contributed by atoms with E-state index in [0.29, 0.717) is 10.6 Å². The molecule has 1 unspecified atom stereocenters. The number of alkyl carbamates (subject to hydrolysis) is 1. The molecule has 2 aromatic rings. The fraction of sp³-hybridized carbons (Fsp3) is 0.273. The SMILES string of the molecule is CC(C)(C)OC(=O)NC(C)(C(=O)ON1C(=O)c2ccccc2C1=O)c1ccccc1. The molecule has 1 aliphatic heterocycles. The first-order valence-electron chi connectivity index (χ1n) is 9.30. The van der Waals surface area contributed by atoms with Gasteiger partial charge >= 0.3 is 12.1 Å². The maximum atomic E-state index is 13.1. The van der Waals surface area contributed by atoms with Gasteiger partial charge in [0.25, 0.3) is 11.8 Å². The number of amides is 3. The molecule has 1 atom stereocenters. The van der Waals surface area contributed by atoms with Crippen LogP contribution in [-0.4, -0.2) is 34.5 Å². The Kier molecular flexibility index (Phi) is 5.35. The Morgan fingerprint density at radius 2 is 1.33 bits per heavy atom. The first kappa shape index (κ1) is 21.0. The van der Waals surface area contributed by atoms with Gasteiger partial charge in [-0.3, -0.25) is 9.59 Å². The predicted octanol–water partition coefficient (Wildman–Crippen LogP) is 3.18. The Morgan fingerprint density at radius 1 is 0.833 bits per heavy atom. The van der Waals surface area contributed by atoms with E-state index in [1.807, 2.05) is 0 Å². The van der Waals surface area contributed by atoms with Crippen LogP contribution in [0.5, 0.6) is 0 Å². The third kappa shape index (κ3) is 4.03. The van der Waals surface area contributed by atoms with Gasteiger partial charge in [-0.2, -0.15) is 0 Å². The molecule has 0 aromatic heterocycles. The zero-order valence-corrected chi connectivity index (χ0v) is 17.1. The van der Waals surface area contributed by atoms with Crippen molar-refractivity contribution in [2.24, 2.45) is 0 Å². The lowest BCUT2D eigenvalue weighted by molar-refractivity contribution is -0.176. The molecule has 1 N–H and O–H groups in total. The molecule has 30 heavy (non-hydrogen) atoms. The lowest BCUT2D eigenvalue weighted by atomic mass is 9.92. The predicted molar refractivity (Wildman–Crippen MR) is 106 cm³/mol. The van der Waals surface area contributed by atoms with Gasteiger partial charge in [-0.15, -0.1) is 0 Å². The van der Waals surface area contributed by atoms with Gasteiger partial charge in [0.15, 0.2) is 5.54 Å². The quantitative estimate of drug-likeness (QED) is 0.777. The highest BCUT2D eigenvalue weighted by Gasteiger charge is 2.45. The summed E-state index contributed by atoms with van der Waals surface area (Å²) >= 11 is 0. The average molecular weight is 410 g/mol. The number of carbonyl (C=O) groups excluding carboxylic acids is 4. The fourth-order valence-corrected chi connectivity index (χ4v) is 2.94. The Hall–Kier alpha value is -3.68. The van der Waals surface area contributed by atoms with Crippen LogP contribution in [0.1, 0.15) is 54.0 Å². The number of hydroxylamine groups is 2. The Bertz CT molecular complexity index is 977. The van der Waals surface area contributed by atoms with Gasteiger partial charge in [-0.25, -0.2) is 9.59 Å². The summed E-state index contributed by atoms with van der Waals surface area (Å²) in [6.45, 7) is 6.46. The van der Waals surface area contributed by atoms with Crippen molar-refractivity contribution in [2.45, 2.75) is 38.8 Å². The summed E-state index contributed by atoms with van der Waals surface area (Å²) in [6, 6.07) is 14.5. The summed E-state index contributed by atoms with van der Waals surface area (Å²) in [7, 11) is 0. The van der Waals surface area contributed by atoms with Crippen LogP contribution in [0, 0.1) is 0 Å². The minimum Gasteiger partial charge on any atom is -0.444 e. The number of rotatable bonds is 4. The maximum absolute atomic E-state index is 13.1. The largest absolute Gasteiger partial charge is 0.444 e. The molecule has 1 heterocycles. The minimum absolute atomic E-state index is 0.136. The third-order valence-corrected chi connectivity index (χ3v) is 4.44. The van der Waals surface area contributed by atoms with E-state index >= 15 is 0 Å². The molecule has 0 bridgehead atoms. The van der Waals surface area contributed by atoms with Crippen molar-refractivity contribution >= 4 is 23.9 Å². The number of carbonyl (C=O) groups is 4. The van der Waals surface area contributed by atoms with Crippen molar-refractivity contribution < 1.29 is 28.8 Å². The minimum atomic E-state index is -1.72. The van der Waals surface area contributed by atoms with Gasteiger partial charge in [0, 0.05) is 0 Å². The van der Waals surface area contributed by atoms with E-state index in [9.17, 15) is 19.2 Å². The molecule has 3 rings (SSSR count). The number of hydrogen-bond acceptors (Lipinski definition) is 6. The van der Waals surface area contributed by atoms with Crippen LogP contribution >= 0.6 is 0 Å². The van der Waals surface area contributed by atoms with Gasteiger partial charge in [0.2, 0.25) is 0 Å². The number of fused-ring (bicyclic) bond motifs is 1. The monoisotopic (exact) mass is 410 g/mol. The second-order valence-corrected chi connectivity index (χ2v) is 7.95. The molecule has 0 saturated heterocycles. The van der Waals surface area contributed by atoms with Crippen LogP contribution < -0.4 is 5.32 Å². The van der Waals surface area contributed by atoms with Crippen molar-refractivity contribution in [1.29, 1.82) is 0 Å². The highest BCUT2D eigenvalue weighted by Crippen LogP contribution is 2.27. The maximum Gasteiger partial charge on any atom is 0.408 e. The topological polar surface area (TPSA) is 102 Å². The summed E-state index contributed by atoms with van der Waals surface area (Å²) in [5.41, 5.74) is -1.86. The molecular formula is C22H22N2O6. The van der Waals surface area contributed by atoms with Crippen molar-refractivity contribution in [2.75, 3.05) is 0 Å². The van der Waals surface area contributed by atoms with E-state index in [-0.39, 0.29) is 11.1 Å². The van der Waals surface area contributed by atoms with Crippen LogP contribution in [0.15, 0.2) is 54.6 Å². The van der Waals surface area contributed by atoms with Gasteiger partial charge in [-0.1, -0.05) is 47.5 Å². The highest BCUT2D eigenvalue weighted by molar-refractivity contribution is 6.21. The third-order valence-electron chi connectivity index (χ3n) is 4.44. The molecule has 156 valence electrons. The molecule has 2 aromatic carbocycles. The molecule has 0 spiro atoms. The Balaban J connectivity index is 1.89. The van der Waals surface area contributed by atoms with E-state index < -0.39 is 35.0 Å². The number of benzene rings is 2. The summed E-state index contributed by atoms with van der Waals surface area (Å²) in [4.78, 5) is 55.8. The van der Waals surface area contributed by atoms with Crippen molar-refractivity contribution in [3.05, 3.63) is 71.3 Å². The molecule has 8 nitrogen and oxygen atoms in total. The molecule has 0 saturated carbocycles. The summed E-state index contributed by atoms with van der Waals surface area (Å²) in [5, 5.41) is 2.91. The highest BCUT2D eigenvalue weighted by atomic mass is 16.7. The van der Waals surface area contributed by atoms with E-state index in [0.717, 1.165) is 0 Å². The van der Waals surface area contributed by atoms with E-state index in [1.165, 1.54) is 19.1 Å². The van der Waals surface area contributed by atoms with Gasteiger partial charge in [-0.05, 0) is 45.4 Å². The first-order chi connectivity index (χ1) is 14.0. The number of imide groups is 1. The van der Waals surface area contributed by atoms with E-state index in [2.05, 4.69) is 5.32 Å². The zero-order chi connectivity index (χ0) is 22.1. The van der Waals surface area contributed by atoms with Gasteiger partial charge in [0.05, 0.1) is 11.1 Å². The second-order valence-electron chi connectivity index (χ2n) is 7.95. The summed E-state index contributed by atoms with van der Waals surface area (Å²) in [6.07, 6.45) is -0.854. The van der Waals surface area contributed by atoms with Crippen molar-refractivity contribution in [1.82, 2.24) is 10.4 Å². The summed E-state index contributed by atoms with van der Waals surface area (Å²) in [5.74, 6) is -2.53. The average Bonchev–Trinajstić information content (AvgIpc) is 2.92. The summed E-state index contributed by atoms with van der Waals surface area (Å²) < 4.78 is 5.26. The standard InChI is InChI=1S/C22H22N2O6/c1-21(2,3)29-20(28)23-22(4,14-10-6-5-7-11-14)19(27)30-24-17(25)15-12-8-9-13-16(15)18(24)26/h5-13H,1-4H3,(H,23,28). The smallest absolute Gasteiger partial charge is 0.408 e. The zero-order valence-electron chi connectivity index (χ0n) is 17.1. The number of hydrogen-bond donors (Lipinski definition) is 1.